The molecule has 1 unspecified atom stereocenters. The summed E-state index contributed by atoms with van der Waals surface area (Å²) in [5, 5.41) is 11.0. The first-order chi connectivity index (χ1) is 17.2. The van der Waals surface area contributed by atoms with Gasteiger partial charge in [-0.25, -0.2) is 8.78 Å². The summed E-state index contributed by atoms with van der Waals surface area (Å²) in [7, 11) is 0. The highest BCUT2D eigenvalue weighted by atomic mass is 35.5. The van der Waals surface area contributed by atoms with Crippen LogP contribution < -0.4 is 0 Å². The number of imidazole rings is 1. The van der Waals surface area contributed by atoms with Crippen molar-refractivity contribution in [2.75, 3.05) is 13.1 Å². The molecule has 7 nitrogen and oxygen atoms in total. The summed E-state index contributed by atoms with van der Waals surface area (Å²) in [5.74, 6) is -1.83. The normalized spacial score (nSPS) is 13.6. The first kappa shape index (κ1) is 29.3. The lowest BCUT2D eigenvalue weighted by Crippen LogP contribution is -2.35. The highest BCUT2D eigenvalue weighted by molar-refractivity contribution is 6.28. The van der Waals surface area contributed by atoms with Gasteiger partial charge in [-0.2, -0.15) is 0 Å². The van der Waals surface area contributed by atoms with Gasteiger partial charge in [0.2, 0.25) is 0 Å². The molecule has 0 amide bonds. The van der Waals surface area contributed by atoms with Gasteiger partial charge in [0.1, 0.15) is 6.20 Å². The van der Waals surface area contributed by atoms with E-state index in [2.05, 4.69) is 16.8 Å². The molecule has 0 bridgehead atoms. The highest BCUT2D eigenvalue weighted by Crippen LogP contribution is 2.28. The molecular weight excluding hydrogens is 488 g/mol. The summed E-state index contributed by atoms with van der Waals surface area (Å²) < 4.78 is 28.5. The van der Waals surface area contributed by atoms with Crippen molar-refractivity contribution in [1.29, 1.82) is 0 Å². The maximum Gasteiger partial charge on any atom is 0.383 e. The van der Waals surface area contributed by atoms with Gasteiger partial charge < -0.3 is 10.1 Å². The number of pyridine rings is 1. The predicted octanol–water partition coefficient (Wildman–Crippen LogP) is 6.84. The number of benzene rings is 1. The highest BCUT2D eigenvalue weighted by Gasteiger charge is 2.23. The van der Waals surface area contributed by atoms with E-state index in [1.54, 1.807) is 4.57 Å². The summed E-state index contributed by atoms with van der Waals surface area (Å²) in [5.41, 5.74) is 4.36. The second-order valence-corrected chi connectivity index (χ2v) is 8.58. The van der Waals surface area contributed by atoms with Gasteiger partial charge >= 0.3 is 11.1 Å². The van der Waals surface area contributed by atoms with Crippen LogP contribution in [0.25, 0.3) is 11.3 Å². The number of fused-ring (bicyclic) bond motifs is 1. The lowest BCUT2D eigenvalue weighted by atomic mass is 9.97. The maximum absolute atomic E-state index is 13.6. The fourth-order valence-electron chi connectivity index (χ4n) is 4.14. The van der Waals surface area contributed by atoms with Crippen molar-refractivity contribution in [3.05, 3.63) is 74.3 Å². The molecule has 0 spiro atoms. The summed E-state index contributed by atoms with van der Waals surface area (Å²) in [6.07, 6.45) is 2.11. The molecule has 196 valence electrons. The average molecular weight is 522 g/mol. The Labute approximate surface area is 216 Å². The predicted molar refractivity (Wildman–Crippen MR) is 139 cm³/mol. The number of aromatic nitrogens is 3. The third-order valence-electron chi connectivity index (χ3n) is 5.68. The van der Waals surface area contributed by atoms with Crippen LogP contribution in [0, 0.1) is 34.6 Å². The Balaban J connectivity index is 0.00000109. The molecule has 1 aromatic carbocycles. The van der Waals surface area contributed by atoms with Crippen LogP contribution in [0.4, 0.5) is 14.6 Å². The fourth-order valence-corrected chi connectivity index (χ4v) is 4.35. The van der Waals surface area contributed by atoms with Gasteiger partial charge in [-0.15, -0.1) is 0 Å². The first-order valence-electron chi connectivity index (χ1n) is 12.3. The number of rotatable bonds is 6. The molecule has 4 rings (SSSR count). The van der Waals surface area contributed by atoms with Gasteiger partial charge in [0, 0.05) is 43.9 Å². The van der Waals surface area contributed by atoms with Gasteiger partial charge in [-0.1, -0.05) is 34.6 Å². The van der Waals surface area contributed by atoms with Crippen molar-refractivity contribution in [3.63, 3.8) is 0 Å². The first-order valence-corrected chi connectivity index (χ1v) is 12.6. The minimum Gasteiger partial charge on any atom is -0.358 e. The number of nitrogens with zero attached hydrogens (tertiary/aromatic N) is 5. The van der Waals surface area contributed by atoms with E-state index in [0.717, 1.165) is 48.9 Å². The molecule has 2 aromatic heterocycles. The van der Waals surface area contributed by atoms with Gasteiger partial charge in [-0.3, -0.25) is 14.5 Å². The fraction of sp³-hybridized carbons (Fsp3) is 0.462. The second kappa shape index (κ2) is 13.4. The van der Waals surface area contributed by atoms with E-state index < -0.39 is 16.6 Å². The molecule has 1 aliphatic heterocycles. The Morgan fingerprint density at radius 1 is 1.11 bits per heavy atom. The monoisotopic (exact) mass is 521 g/mol. The van der Waals surface area contributed by atoms with Crippen LogP contribution >= 0.6 is 11.6 Å². The molecule has 0 radical (unpaired) electrons. The lowest BCUT2D eigenvalue weighted by molar-refractivity contribution is -0.389. The van der Waals surface area contributed by atoms with Crippen LogP contribution in [0.5, 0.6) is 0 Å². The molecule has 1 atom stereocenters. The van der Waals surface area contributed by atoms with Crippen LogP contribution in [-0.4, -0.2) is 37.4 Å². The number of nitro groups is 1. The molecule has 36 heavy (non-hydrogen) atoms. The molecule has 0 saturated carbocycles. The largest absolute Gasteiger partial charge is 0.383 e. The number of hydrogen-bond acceptors (Lipinski definition) is 5. The Kier molecular flexibility index (Phi) is 10.9. The summed E-state index contributed by atoms with van der Waals surface area (Å²) >= 11 is 6.03. The molecule has 3 heterocycles. The SMILES string of the molecule is CC.CC.Cc1cc(-c2ccc(F)c(F)c2)nc2c1CN(CC(C)Cn1cc([N+](=O)[O-])nc1Cl)CC2. The quantitative estimate of drug-likeness (QED) is 0.262. The van der Waals surface area contributed by atoms with Gasteiger partial charge in [0.25, 0.3) is 0 Å². The zero-order valence-electron chi connectivity index (χ0n) is 21.7. The number of halogens is 3. The van der Waals surface area contributed by atoms with E-state index in [1.807, 2.05) is 40.7 Å². The van der Waals surface area contributed by atoms with Crippen LogP contribution in [0.1, 0.15) is 51.4 Å². The van der Waals surface area contributed by atoms with Crippen LogP contribution in [0.15, 0.2) is 30.5 Å². The smallest absolute Gasteiger partial charge is 0.358 e. The van der Waals surface area contributed by atoms with Crippen LogP contribution in [-0.2, 0) is 19.5 Å². The Hall–Kier alpha value is -2.91. The van der Waals surface area contributed by atoms with Crippen molar-refractivity contribution in [3.8, 4) is 11.3 Å². The molecule has 0 fully saturated rings. The van der Waals surface area contributed by atoms with Crippen molar-refractivity contribution in [2.45, 2.75) is 61.1 Å². The van der Waals surface area contributed by atoms with E-state index >= 15 is 0 Å². The standard InChI is InChI=1S/C22H22ClF2N5O2.2C2H6/c1-13(10-29-12-21(30(31)32)27-22(29)23)9-28-6-5-19-16(11-28)14(2)7-20(26-19)15-3-4-17(24)18(25)8-15;2*1-2/h3-4,7-8,12-13H,5-6,9-11H2,1-2H3;2*1-2H3. The maximum atomic E-state index is 13.6. The Morgan fingerprint density at radius 2 is 1.81 bits per heavy atom. The van der Waals surface area contributed by atoms with Crippen molar-refractivity contribution >= 4 is 17.4 Å². The number of hydrogen-bond donors (Lipinski definition) is 0. The Morgan fingerprint density at radius 3 is 2.42 bits per heavy atom. The summed E-state index contributed by atoms with van der Waals surface area (Å²) in [4.78, 5) is 21.1. The summed E-state index contributed by atoms with van der Waals surface area (Å²) in [6.45, 7) is 14.9. The molecule has 3 aromatic rings. The Bertz CT molecular complexity index is 1190. The van der Waals surface area contributed by atoms with E-state index in [4.69, 9.17) is 16.6 Å². The minimum atomic E-state index is -0.886. The van der Waals surface area contributed by atoms with E-state index in [-0.39, 0.29) is 17.0 Å². The van der Waals surface area contributed by atoms with Gasteiger partial charge in [0.15, 0.2) is 11.6 Å². The lowest BCUT2D eigenvalue weighted by Gasteiger charge is -2.31. The van der Waals surface area contributed by atoms with Gasteiger partial charge in [-0.05, 0) is 69.7 Å². The van der Waals surface area contributed by atoms with E-state index in [9.17, 15) is 18.9 Å². The molecule has 0 saturated heterocycles. The molecule has 10 heteroatoms. The van der Waals surface area contributed by atoms with E-state index in [1.165, 1.54) is 18.3 Å². The number of aryl methyl sites for hydroxylation is 1. The molecular formula is C26H34ClF2N5O2. The van der Waals surface area contributed by atoms with Crippen LogP contribution in [0.2, 0.25) is 5.28 Å². The van der Waals surface area contributed by atoms with E-state index in [0.29, 0.717) is 17.8 Å². The molecule has 0 N–H and O–H groups in total. The average Bonchev–Trinajstić information content (AvgIpc) is 3.24. The summed E-state index contributed by atoms with van der Waals surface area (Å²) in [6, 6.07) is 5.73. The van der Waals surface area contributed by atoms with Crippen molar-refractivity contribution < 1.29 is 13.7 Å². The van der Waals surface area contributed by atoms with Crippen molar-refractivity contribution in [2.24, 2.45) is 5.92 Å². The zero-order valence-corrected chi connectivity index (χ0v) is 22.4. The second-order valence-electron chi connectivity index (χ2n) is 8.25. The third kappa shape index (κ3) is 7.07. The third-order valence-corrected chi connectivity index (χ3v) is 5.98. The van der Waals surface area contributed by atoms with Crippen molar-refractivity contribution in [1.82, 2.24) is 19.4 Å². The zero-order chi connectivity index (χ0) is 27.0. The molecule has 1 aliphatic rings. The minimum absolute atomic E-state index is 0.109. The van der Waals surface area contributed by atoms with Crippen LogP contribution in [0.3, 0.4) is 0 Å². The topological polar surface area (TPSA) is 77.1 Å². The molecule has 0 aliphatic carbocycles. The van der Waals surface area contributed by atoms with Gasteiger partial charge in [0.05, 0.1) is 5.69 Å².